The first-order valence-corrected chi connectivity index (χ1v) is 12.0. The van der Waals surface area contributed by atoms with Crippen molar-refractivity contribution in [2.24, 2.45) is 0 Å². The molecule has 0 saturated carbocycles. The lowest BCUT2D eigenvalue weighted by Gasteiger charge is -2.11. The van der Waals surface area contributed by atoms with Crippen molar-refractivity contribution in [2.45, 2.75) is 16.6 Å². The Hall–Kier alpha value is -3.29. The predicted molar refractivity (Wildman–Crippen MR) is 117 cm³/mol. The van der Waals surface area contributed by atoms with Crippen LogP contribution in [0.3, 0.4) is 0 Å². The topological polar surface area (TPSA) is 147 Å². The predicted octanol–water partition coefficient (Wildman–Crippen LogP) is 2.10. The lowest BCUT2D eigenvalue weighted by molar-refractivity contribution is 0.174. The number of sulfonamides is 1. The van der Waals surface area contributed by atoms with Gasteiger partial charge in [-0.3, -0.25) is 0 Å². The van der Waals surface area contributed by atoms with Crippen LogP contribution in [0, 0.1) is 0 Å². The zero-order valence-electron chi connectivity index (χ0n) is 16.8. The second-order valence-corrected chi connectivity index (χ2v) is 9.84. The van der Waals surface area contributed by atoms with E-state index < -0.39 is 10.0 Å². The molecule has 0 aliphatic carbocycles. The number of nitrogen functional groups attached to an aromatic ring is 1. The van der Waals surface area contributed by atoms with Crippen LogP contribution < -0.4 is 19.9 Å². The van der Waals surface area contributed by atoms with E-state index >= 15 is 0 Å². The number of hydrogen-bond donors (Lipinski definition) is 2. The molecule has 0 atom stereocenters. The molecule has 3 N–H and O–H groups in total. The van der Waals surface area contributed by atoms with Crippen LogP contribution in [-0.2, 0) is 16.6 Å². The minimum atomic E-state index is -3.45. The molecular formula is C19H18N6O5S2. The summed E-state index contributed by atoms with van der Waals surface area (Å²) >= 11 is 1.32. The lowest BCUT2D eigenvalue weighted by atomic mass is 10.1. The van der Waals surface area contributed by atoms with Crippen LogP contribution in [0.2, 0.25) is 0 Å². The molecule has 0 radical (unpaired) electrons. The molecule has 11 nitrogen and oxygen atoms in total. The number of imidazole rings is 1. The maximum Gasteiger partial charge on any atom is 0.231 e. The monoisotopic (exact) mass is 474 g/mol. The van der Waals surface area contributed by atoms with E-state index in [4.69, 9.17) is 19.6 Å². The summed E-state index contributed by atoms with van der Waals surface area (Å²) in [6.45, 7) is 0.257. The van der Waals surface area contributed by atoms with Crippen molar-refractivity contribution in [1.29, 1.82) is 0 Å². The van der Waals surface area contributed by atoms with Gasteiger partial charge in [-0.05, 0) is 31.3 Å². The van der Waals surface area contributed by atoms with Gasteiger partial charge in [0.05, 0.1) is 12.0 Å². The molecule has 0 fully saturated rings. The fourth-order valence-electron chi connectivity index (χ4n) is 3.26. The molecular weight excluding hydrogens is 456 g/mol. The molecule has 4 heterocycles. The first-order chi connectivity index (χ1) is 15.4. The molecule has 1 aliphatic rings. The van der Waals surface area contributed by atoms with Gasteiger partial charge in [-0.2, -0.15) is 0 Å². The Labute approximate surface area is 187 Å². The van der Waals surface area contributed by atoms with E-state index in [1.165, 1.54) is 25.1 Å². The Balaban J connectivity index is 1.62. The number of rotatable bonds is 7. The lowest BCUT2D eigenvalue weighted by Crippen LogP contribution is -2.25. The number of benzene rings is 1. The van der Waals surface area contributed by atoms with Crippen molar-refractivity contribution < 1.29 is 22.3 Å². The van der Waals surface area contributed by atoms with Gasteiger partial charge in [-0.1, -0.05) is 11.8 Å². The second-order valence-electron chi connectivity index (χ2n) is 6.78. The Morgan fingerprint density at radius 2 is 2.06 bits per heavy atom. The largest absolute Gasteiger partial charge is 0.464 e. The molecule has 13 heteroatoms. The Morgan fingerprint density at radius 3 is 2.81 bits per heavy atom. The number of aromatic nitrogens is 4. The highest BCUT2D eigenvalue weighted by atomic mass is 32.2. The third kappa shape index (κ3) is 3.74. The molecule has 0 bridgehead atoms. The number of aryl methyl sites for hydroxylation is 1. The number of fused-ring (bicyclic) bond motifs is 2. The van der Waals surface area contributed by atoms with E-state index in [-0.39, 0.29) is 24.9 Å². The molecule has 0 amide bonds. The van der Waals surface area contributed by atoms with Gasteiger partial charge in [0, 0.05) is 17.0 Å². The van der Waals surface area contributed by atoms with E-state index in [9.17, 15) is 8.42 Å². The van der Waals surface area contributed by atoms with Crippen LogP contribution in [0.4, 0.5) is 5.82 Å². The van der Waals surface area contributed by atoms with E-state index in [0.29, 0.717) is 33.6 Å². The summed E-state index contributed by atoms with van der Waals surface area (Å²) in [4.78, 5) is 13.7. The summed E-state index contributed by atoms with van der Waals surface area (Å²) in [6, 6.07) is 7.32. The fraction of sp³-hybridized carbons (Fsp3) is 0.211. The van der Waals surface area contributed by atoms with Crippen molar-refractivity contribution >= 4 is 38.8 Å². The van der Waals surface area contributed by atoms with E-state index in [1.807, 2.05) is 18.2 Å². The highest BCUT2D eigenvalue weighted by Gasteiger charge is 2.23. The smallest absolute Gasteiger partial charge is 0.231 e. The summed E-state index contributed by atoms with van der Waals surface area (Å²) < 4.78 is 44.8. The molecule has 1 aliphatic heterocycles. The van der Waals surface area contributed by atoms with Crippen molar-refractivity contribution in [3.05, 3.63) is 36.9 Å². The summed E-state index contributed by atoms with van der Waals surface area (Å²) in [5.74, 6) is 1.92. The highest BCUT2D eigenvalue weighted by Crippen LogP contribution is 2.45. The van der Waals surface area contributed by atoms with Crippen LogP contribution in [0.1, 0.15) is 0 Å². The van der Waals surface area contributed by atoms with E-state index in [2.05, 4.69) is 19.7 Å². The number of nitrogens with zero attached hydrogens (tertiary/aromatic N) is 4. The molecule has 0 unspecified atom stereocenters. The van der Waals surface area contributed by atoms with Gasteiger partial charge in [-0.25, -0.2) is 28.1 Å². The van der Waals surface area contributed by atoms with Gasteiger partial charge in [0.15, 0.2) is 33.6 Å². The maximum absolute atomic E-state index is 12.1. The minimum Gasteiger partial charge on any atom is -0.464 e. The molecule has 166 valence electrons. The Kier molecular flexibility index (Phi) is 5.15. The number of furan rings is 1. The van der Waals surface area contributed by atoms with Crippen LogP contribution in [-0.4, -0.2) is 47.5 Å². The van der Waals surface area contributed by atoms with Crippen LogP contribution in [0.15, 0.2) is 51.3 Å². The number of nitrogens with two attached hydrogens (primary N) is 1. The average Bonchev–Trinajstić information content (AvgIpc) is 3.52. The molecule has 0 saturated heterocycles. The Morgan fingerprint density at radius 1 is 1.25 bits per heavy atom. The van der Waals surface area contributed by atoms with Gasteiger partial charge in [0.1, 0.15) is 12.1 Å². The minimum absolute atomic E-state index is 0.124. The molecule has 5 rings (SSSR count). The van der Waals surface area contributed by atoms with Crippen molar-refractivity contribution in [1.82, 2.24) is 24.2 Å². The third-order valence-corrected chi connectivity index (χ3v) is 7.28. The molecule has 1 aromatic carbocycles. The van der Waals surface area contributed by atoms with Gasteiger partial charge >= 0.3 is 0 Å². The Bertz CT molecular complexity index is 1400. The number of nitrogens with one attached hydrogen (secondary N) is 1. The fourth-order valence-corrected chi connectivity index (χ4v) is 4.94. The normalized spacial score (nSPS) is 13.2. The first-order valence-electron chi connectivity index (χ1n) is 9.48. The maximum atomic E-state index is 12.1. The summed E-state index contributed by atoms with van der Waals surface area (Å²) in [5.41, 5.74) is 7.64. The van der Waals surface area contributed by atoms with Gasteiger partial charge < -0.3 is 24.2 Å². The molecule has 4 aromatic rings. The van der Waals surface area contributed by atoms with Gasteiger partial charge in [0.2, 0.25) is 16.8 Å². The zero-order chi connectivity index (χ0) is 22.3. The van der Waals surface area contributed by atoms with Gasteiger partial charge in [0.25, 0.3) is 0 Å². The highest BCUT2D eigenvalue weighted by molar-refractivity contribution is 7.99. The van der Waals surface area contributed by atoms with Crippen LogP contribution in [0.25, 0.3) is 22.5 Å². The van der Waals surface area contributed by atoms with Crippen LogP contribution in [0.5, 0.6) is 11.5 Å². The number of anilines is 1. The van der Waals surface area contributed by atoms with E-state index in [1.54, 1.807) is 16.9 Å². The van der Waals surface area contributed by atoms with Crippen molar-refractivity contribution in [3.63, 3.8) is 0 Å². The third-order valence-electron chi connectivity index (χ3n) is 4.88. The summed E-state index contributed by atoms with van der Waals surface area (Å²) in [5, 5.41) is 0.505. The summed E-state index contributed by atoms with van der Waals surface area (Å²) in [6.07, 6.45) is 2.91. The number of ether oxygens (including phenoxy) is 2. The van der Waals surface area contributed by atoms with Crippen molar-refractivity contribution in [2.75, 3.05) is 25.3 Å². The van der Waals surface area contributed by atoms with Crippen molar-refractivity contribution in [3.8, 4) is 22.8 Å². The average molecular weight is 475 g/mol. The zero-order valence-corrected chi connectivity index (χ0v) is 18.4. The van der Waals surface area contributed by atoms with E-state index in [0.717, 1.165) is 10.5 Å². The second kappa shape index (κ2) is 8.00. The molecule has 0 spiro atoms. The standard InChI is InChI=1S/C19H18N6O5S2/c1-21-32(26,27)6-4-25-18-16(17(20)22-9-23-18)24-19(25)31-15-8-14-13(29-10-30-14)7-11(15)12-3-2-5-28-12/h2-3,5,7-9,21H,4,6,10H2,1H3,(H2,20,22,23). The SMILES string of the molecule is CNS(=O)(=O)CCn1c(Sc2cc3c(cc2-c2ccco2)OCO3)nc2c(N)ncnc21. The van der Waals surface area contributed by atoms with Crippen LogP contribution >= 0.6 is 11.8 Å². The summed E-state index contributed by atoms with van der Waals surface area (Å²) in [7, 11) is -2.08. The van der Waals surface area contributed by atoms with Gasteiger partial charge in [-0.15, -0.1) is 0 Å². The first kappa shape index (κ1) is 20.6. The quantitative estimate of drug-likeness (QED) is 0.408. The molecule has 3 aromatic heterocycles. The number of hydrogen-bond acceptors (Lipinski definition) is 10. The molecule has 32 heavy (non-hydrogen) atoms.